The molecule has 1 N–H and O–H groups in total. The Labute approximate surface area is 145 Å². The van der Waals surface area contributed by atoms with E-state index in [-0.39, 0.29) is 16.7 Å². The first-order valence-corrected chi connectivity index (χ1v) is 7.76. The Morgan fingerprint density at radius 1 is 1.17 bits per heavy atom. The summed E-state index contributed by atoms with van der Waals surface area (Å²) >= 11 is 1.94. The van der Waals surface area contributed by atoms with Crippen molar-refractivity contribution in [2.75, 3.05) is 14.2 Å². The average Bonchev–Trinajstić information content (AvgIpc) is 2.58. The molecule has 0 spiro atoms. The highest BCUT2D eigenvalue weighted by atomic mass is 127. The number of phenolic OH excluding ortho intramolecular Hbond substituents is 1. The van der Waals surface area contributed by atoms with E-state index in [1.54, 1.807) is 37.4 Å². The lowest BCUT2D eigenvalue weighted by atomic mass is 10.2. The molecule has 3 aromatic rings. The number of fused-ring (bicyclic) bond motifs is 1. The molecule has 0 saturated carbocycles. The summed E-state index contributed by atoms with van der Waals surface area (Å²) in [4.78, 5) is 17.0. The van der Waals surface area contributed by atoms with Gasteiger partial charge in [-0.25, -0.2) is 4.98 Å². The van der Waals surface area contributed by atoms with E-state index >= 15 is 0 Å². The zero-order chi connectivity index (χ0) is 16.6. The molecule has 1 aromatic heterocycles. The molecule has 23 heavy (non-hydrogen) atoms. The molecule has 7 heteroatoms. The number of halogens is 1. The van der Waals surface area contributed by atoms with Crippen molar-refractivity contribution in [2.24, 2.45) is 0 Å². The second kappa shape index (κ2) is 6.07. The number of hydrogen-bond donors (Lipinski definition) is 1. The molecule has 0 fully saturated rings. The van der Waals surface area contributed by atoms with Crippen molar-refractivity contribution >= 4 is 33.5 Å². The van der Waals surface area contributed by atoms with Gasteiger partial charge in [0.1, 0.15) is 29.0 Å². The number of rotatable bonds is 3. The Bertz CT molecular complexity index is 935. The van der Waals surface area contributed by atoms with E-state index in [9.17, 15) is 9.90 Å². The van der Waals surface area contributed by atoms with Crippen LogP contribution in [0.5, 0.6) is 17.2 Å². The van der Waals surface area contributed by atoms with Crippen LogP contribution in [-0.4, -0.2) is 28.9 Å². The van der Waals surface area contributed by atoms with Gasteiger partial charge in [-0.3, -0.25) is 9.36 Å². The van der Waals surface area contributed by atoms with Gasteiger partial charge in [-0.15, -0.1) is 0 Å². The fourth-order valence-corrected chi connectivity index (χ4v) is 2.93. The third-order valence-electron chi connectivity index (χ3n) is 3.50. The Hall–Kier alpha value is -2.29. The summed E-state index contributed by atoms with van der Waals surface area (Å²) in [6.07, 6.45) is 1.43. The number of aromatic nitrogens is 2. The van der Waals surface area contributed by atoms with E-state index in [0.717, 1.165) is 0 Å². The lowest BCUT2D eigenvalue weighted by Crippen LogP contribution is -2.19. The van der Waals surface area contributed by atoms with Crippen molar-refractivity contribution in [3.8, 4) is 22.9 Å². The molecule has 0 saturated heterocycles. The minimum absolute atomic E-state index is 0.125. The van der Waals surface area contributed by atoms with E-state index < -0.39 is 0 Å². The summed E-state index contributed by atoms with van der Waals surface area (Å²) in [6.45, 7) is 0. The number of ether oxygens (including phenoxy) is 2. The number of hydrogen-bond acceptors (Lipinski definition) is 5. The predicted molar refractivity (Wildman–Crippen MR) is 94.8 cm³/mol. The predicted octanol–water partition coefficient (Wildman–Crippen LogP) is 2.71. The lowest BCUT2D eigenvalue weighted by Gasteiger charge is -2.11. The van der Waals surface area contributed by atoms with Gasteiger partial charge in [0.05, 0.1) is 29.0 Å². The highest BCUT2D eigenvalue weighted by Crippen LogP contribution is 2.34. The summed E-state index contributed by atoms with van der Waals surface area (Å²) in [5, 5.41) is 10.5. The van der Waals surface area contributed by atoms with Crippen LogP contribution in [0.25, 0.3) is 16.6 Å². The van der Waals surface area contributed by atoms with Crippen molar-refractivity contribution < 1.29 is 14.6 Å². The minimum atomic E-state index is -0.349. The van der Waals surface area contributed by atoms with Crippen LogP contribution in [-0.2, 0) is 0 Å². The van der Waals surface area contributed by atoms with Gasteiger partial charge in [0, 0.05) is 6.07 Å². The Morgan fingerprint density at radius 3 is 2.48 bits per heavy atom. The van der Waals surface area contributed by atoms with E-state index in [1.165, 1.54) is 18.0 Å². The van der Waals surface area contributed by atoms with Crippen LogP contribution in [0.1, 0.15) is 0 Å². The summed E-state index contributed by atoms with van der Waals surface area (Å²) in [5.41, 5.74) is 0.670. The molecule has 0 atom stereocenters. The summed E-state index contributed by atoms with van der Waals surface area (Å²) in [7, 11) is 3.08. The molecule has 0 unspecified atom stereocenters. The maximum absolute atomic E-state index is 12.7. The van der Waals surface area contributed by atoms with Crippen LogP contribution in [0.4, 0.5) is 0 Å². The van der Waals surface area contributed by atoms with E-state index in [0.29, 0.717) is 26.3 Å². The van der Waals surface area contributed by atoms with E-state index in [2.05, 4.69) is 4.98 Å². The van der Waals surface area contributed by atoms with Gasteiger partial charge in [-0.2, -0.15) is 0 Å². The Kier molecular flexibility index (Phi) is 4.12. The van der Waals surface area contributed by atoms with Crippen LogP contribution >= 0.6 is 22.6 Å². The van der Waals surface area contributed by atoms with Crippen molar-refractivity contribution in [1.29, 1.82) is 0 Å². The second-order valence-corrected chi connectivity index (χ2v) is 5.83. The zero-order valence-corrected chi connectivity index (χ0v) is 14.6. The number of phenols is 1. The van der Waals surface area contributed by atoms with Crippen LogP contribution in [0.2, 0.25) is 0 Å². The summed E-state index contributed by atoms with van der Waals surface area (Å²) in [5.74, 6) is 1.04. The molecule has 118 valence electrons. The first kappa shape index (κ1) is 15.6. The van der Waals surface area contributed by atoms with E-state index in [4.69, 9.17) is 9.47 Å². The Balaban J connectivity index is 2.26. The van der Waals surface area contributed by atoms with Gasteiger partial charge in [-0.1, -0.05) is 0 Å². The molecule has 0 bridgehead atoms. The van der Waals surface area contributed by atoms with Gasteiger partial charge in [0.25, 0.3) is 5.56 Å². The largest absolute Gasteiger partial charge is 0.506 e. The van der Waals surface area contributed by atoms with Gasteiger partial charge in [0.15, 0.2) is 0 Å². The molecule has 1 heterocycles. The SMILES string of the molecule is COc1ccc(-n2cnc3cc(OC)c(I)c(O)c3c2=O)cc1. The number of benzene rings is 2. The van der Waals surface area contributed by atoms with Crippen molar-refractivity contribution in [3.05, 3.63) is 50.6 Å². The average molecular weight is 424 g/mol. The van der Waals surface area contributed by atoms with Crippen LogP contribution < -0.4 is 15.0 Å². The number of methoxy groups -OCH3 is 2. The van der Waals surface area contributed by atoms with Gasteiger partial charge in [0.2, 0.25) is 0 Å². The monoisotopic (exact) mass is 424 g/mol. The Morgan fingerprint density at radius 2 is 1.87 bits per heavy atom. The fourth-order valence-electron chi connectivity index (χ4n) is 2.29. The minimum Gasteiger partial charge on any atom is -0.506 e. The quantitative estimate of drug-likeness (QED) is 0.655. The molecular weight excluding hydrogens is 411 g/mol. The third kappa shape index (κ3) is 2.61. The topological polar surface area (TPSA) is 73.6 Å². The summed E-state index contributed by atoms with van der Waals surface area (Å²) in [6, 6.07) is 8.64. The van der Waals surface area contributed by atoms with Crippen LogP contribution in [0.3, 0.4) is 0 Å². The van der Waals surface area contributed by atoms with Gasteiger partial charge < -0.3 is 14.6 Å². The second-order valence-electron chi connectivity index (χ2n) is 4.75. The molecule has 2 aromatic carbocycles. The smallest absolute Gasteiger partial charge is 0.269 e. The molecule has 0 aliphatic rings. The number of aromatic hydroxyl groups is 1. The molecule has 0 amide bonds. The lowest BCUT2D eigenvalue weighted by molar-refractivity contribution is 0.404. The highest BCUT2D eigenvalue weighted by Gasteiger charge is 2.16. The summed E-state index contributed by atoms with van der Waals surface area (Å²) < 4.78 is 12.1. The van der Waals surface area contributed by atoms with Gasteiger partial charge >= 0.3 is 0 Å². The maximum Gasteiger partial charge on any atom is 0.269 e. The van der Waals surface area contributed by atoms with Crippen LogP contribution in [0.15, 0.2) is 41.5 Å². The molecule has 0 aliphatic heterocycles. The maximum atomic E-state index is 12.7. The molecule has 3 rings (SSSR count). The zero-order valence-electron chi connectivity index (χ0n) is 12.4. The standard InChI is InChI=1S/C16H13IN2O4/c1-22-10-5-3-9(4-6-10)19-8-18-11-7-12(23-2)14(17)15(20)13(11)16(19)21/h3-8,20H,1-2H3. The molecular formula is C16H13IN2O4. The van der Waals surface area contributed by atoms with Crippen molar-refractivity contribution in [1.82, 2.24) is 9.55 Å². The first-order valence-electron chi connectivity index (χ1n) is 6.68. The first-order chi connectivity index (χ1) is 11.1. The highest BCUT2D eigenvalue weighted by molar-refractivity contribution is 14.1. The molecule has 0 aliphatic carbocycles. The molecule has 6 nitrogen and oxygen atoms in total. The normalized spacial score (nSPS) is 10.7. The number of nitrogens with zero attached hydrogens (tertiary/aromatic N) is 2. The van der Waals surface area contributed by atoms with E-state index in [1.807, 2.05) is 22.6 Å². The molecule has 0 radical (unpaired) electrons. The van der Waals surface area contributed by atoms with Gasteiger partial charge in [-0.05, 0) is 46.9 Å². The third-order valence-corrected chi connectivity index (χ3v) is 4.54. The fraction of sp³-hybridized carbons (Fsp3) is 0.125. The van der Waals surface area contributed by atoms with Crippen molar-refractivity contribution in [3.63, 3.8) is 0 Å². The van der Waals surface area contributed by atoms with Crippen molar-refractivity contribution in [2.45, 2.75) is 0 Å². The van der Waals surface area contributed by atoms with Crippen LogP contribution in [0, 0.1) is 3.57 Å².